The van der Waals surface area contributed by atoms with Crippen molar-refractivity contribution in [3.05, 3.63) is 82.9 Å². The van der Waals surface area contributed by atoms with Gasteiger partial charge in [-0.3, -0.25) is 14.5 Å². The molecule has 0 unspecified atom stereocenters. The highest BCUT2D eigenvalue weighted by Gasteiger charge is 2.33. The third-order valence-corrected chi connectivity index (χ3v) is 7.23. The fourth-order valence-electron chi connectivity index (χ4n) is 5.35. The molecule has 3 aromatic rings. The van der Waals surface area contributed by atoms with Crippen molar-refractivity contribution in [3.8, 4) is 0 Å². The second kappa shape index (κ2) is 9.46. The van der Waals surface area contributed by atoms with Gasteiger partial charge in [-0.2, -0.15) is 13.2 Å². The van der Waals surface area contributed by atoms with Gasteiger partial charge in [0, 0.05) is 23.1 Å². The zero-order valence-corrected chi connectivity index (χ0v) is 19.4. The number of likely N-dealkylation sites (tertiary alicyclic amines) is 1. The number of unbranched alkanes of at least 4 members (excludes halogenated alkanes) is 1. The average Bonchev–Trinajstić information content (AvgIpc) is 2.86. The first-order chi connectivity index (χ1) is 16.8. The Bertz CT molecular complexity index is 1210. The number of benzene rings is 3. The minimum absolute atomic E-state index is 0.139. The summed E-state index contributed by atoms with van der Waals surface area (Å²) in [7, 11) is 0. The predicted molar refractivity (Wildman–Crippen MR) is 128 cm³/mol. The van der Waals surface area contributed by atoms with E-state index >= 15 is 0 Å². The maximum absolute atomic E-state index is 13.0. The molecule has 5 rings (SSSR count). The average molecular weight is 481 g/mol. The highest BCUT2D eigenvalue weighted by atomic mass is 19.4. The maximum atomic E-state index is 13.0. The number of carbonyl (C=O) groups excluding carboxylic acids is 2. The van der Waals surface area contributed by atoms with Gasteiger partial charge in [-0.05, 0) is 80.4 Å². The van der Waals surface area contributed by atoms with Gasteiger partial charge in [0.25, 0.3) is 11.8 Å². The Hall–Kier alpha value is -3.19. The van der Waals surface area contributed by atoms with E-state index in [1.165, 1.54) is 17.0 Å². The molecule has 0 aromatic heterocycles. The summed E-state index contributed by atoms with van der Waals surface area (Å²) >= 11 is 0. The first-order valence-corrected chi connectivity index (χ1v) is 12.1. The maximum Gasteiger partial charge on any atom is 0.416 e. The van der Waals surface area contributed by atoms with Crippen molar-refractivity contribution < 1.29 is 22.8 Å². The number of halogens is 3. The summed E-state index contributed by atoms with van der Waals surface area (Å²) in [4.78, 5) is 29.7. The number of amides is 2. The van der Waals surface area contributed by atoms with Gasteiger partial charge in [-0.1, -0.05) is 42.5 Å². The summed E-state index contributed by atoms with van der Waals surface area (Å²) in [6, 6.07) is 16.8. The first kappa shape index (κ1) is 23.5. The smallest absolute Gasteiger partial charge is 0.303 e. The number of hydrogen-bond donors (Lipinski definition) is 0. The molecular weight excluding hydrogens is 453 g/mol. The third kappa shape index (κ3) is 4.69. The summed E-state index contributed by atoms with van der Waals surface area (Å²) in [6.45, 7) is 2.89. The zero-order valence-electron chi connectivity index (χ0n) is 19.4. The van der Waals surface area contributed by atoms with E-state index in [1.807, 2.05) is 24.3 Å². The normalized spacial score (nSPS) is 17.4. The van der Waals surface area contributed by atoms with E-state index in [0.29, 0.717) is 24.1 Å². The number of rotatable bonds is 6. The van der Waals surface area contributed by atoms with Crippen LogP contribution in [0, 0.1) is 0 Å². The lowest BCUT2D eigenvalue weighted by molar-refractivity contribution is -0.137. The number of hydrogen-bond acceptors (Lipinski definition) is 3. The fraction of sp³-hybridized carbons (Fsp3) is 0.357. The van der Waals surface area contributed by atoms with Gasteiger partial charge in [0.2, 0.25) is 0 Å². The van der Waals surface area contributed by atoms with Crippen molar-refractivity contribution >= 4 is 22.6 Å². The monoisotopic (exact) mass is 480 g/mol. The molecule has 0 N–H and O–H groups in total. The van der Waals surface area contributed by atoms with E-state index in [-0.39, 0.29) is 17.7 Å². The highest BCUT2D eigenvalue weighted by molar-refractivity contribution is 6.25. The summed E-state index contributed by atoms with van der Waals surface area (Å²) in [6.07, 6.45) is -1.11. The van der Waals surface area contributed by atoms with Gasteiger partial charge >= 0.3 is 6.18 Å². The Morgan fingerprint density at radius 1 is 0.800 bits per heavy atom. The van der Waals surface area contributed by atoms with Crippen molar-refractivity contribution in [2.24, 2.45) is 0 Å². The Morgan fingerprint density at radius 2 is 1.40 bits per heavy atom. The van der Waals surface area contributed by atoms with Crippen LogP contribution in [0.2, 0.25) is 0 Å². The van der Waals surface area contributed by atoms with Gasteiger partial charge in [0.1, 0.15) is 0 Å². The lowest BCUT2D eigenvalue weighted by Gasteiger charge is -2.32. The van der Waals surface area contributed by atoms with Crippen molar-refractivity contribution in [2.75, 3.05) is 26.2 Å². The molecule has 7 heteroatoms. The van der Waals surface area contributed by atoms with E-state index < -0.39 is 11.7 Å². The predicted octanol–water partition coefficient (Wildman–Crippen LogP) is 6.11. The molecular formula is C28H27F3N2O2. The first-order valence-electron chi connectivity index (χ1n) is 12.1. The van der Waals surface area contributed by atoms with Gasteiger partial charge in [0.05, 0.1) is 5.56 Å². The minimum atomic E-state index is -4.32. The number of carbonyl (C=O) groups is 2. The van der Waals surface area contributed by atoms with E-state index in [9.17, 15) is 22.8 Å². The highest BCUT2D eigenvalue weighted by Crippen LogP contribution is 2.34. The molecule has 0 atom stereocenters. The van der Waals surface area contributed by atoms with Crippen LogP contribution in [0.4, 0.5) is 13.2 Å². The van der Waals surface area contributed by atoms with Crippen LogP contribution in [-0.4, -0.2) is 47.8 Å². The van der Waals surface area contributed by atoms with Crippen LogP contribution in [0.1, 0.15) is 63.4 Å². The topological polar surface area (TPSA) is 40.6 Å². The summed E-state index contributed by atoms with van der Waals surface area (Å²) in [5, 5.41) is 1.64. The quantitative estimate of drug-likeness (QED) is 0.316. The molecule has 2 aliphatic rings. The Morgan fingerprint density at radius 3 is 2.03 bits per heavy atom. The largest absolute Gasteiger partial charge is 0.416 e. The molecule has 2 amide bonds. The fourth-order valence-corrected chi connectivity index (χ4v) is 5.35. The van der Waals surface area contributed by atoms with E-state index in [1.54, 1.807) is 18.2 Å². The molecule has 2 heterocycles. The van der Waals surface area contributed by atoms with Gasteiger partial charge in [-0.15, -0.1) is 0 Å². The molecule has 4 nitrogen and oxygen atoms in total. The molecule has 0 spiro atoms. The lowest BCUT2D eigenvalue weighted by atomic mass is 9.88. The summed E-state index contributed by atoms with van der Waals surface area (Å²) < 4.78 is 39.1. The number of imide groups is 1. The van der Waals surface area contributed by atoms with Crippen LogP contribution in [0.5, 0.6) is 0 Å². The minimum Gasteiger partial charge on any atom is -0.303 e. The third-order valence-electron chi connectivity index (χ3n) is 7.23. The lowest BCUT2D eigenvalue weighted by Crippen LogP contribution is -2.41. The van der Waals surface area contributed by atoms with Crippen molar-refractivity contribution in [1.82, 2.24) is 9.80 Å². The van der Waals surface area contributed by atoms with Crippen molar-refractivity contribution in [2.45, 2.75) is 37.8 Å². The van der Waals surface area contributed by atoms with Gasteiger partial charge < -0.3 is 4.90 Å². The van der Waals surface area contributed by atoms with Crippen LogP contribution in [0.3, 0.4) is 0 Å². The number of nitrogens with zero attached hydrogens (tertiary/aromatic N) is 2. The second-order valence-electron chi connectivity index (χ2n) is 9.42. The molecule has 0 aliphatic carbocycles. The van der Waals surface area contributed by atoms with Crippen LogP contribution < -0.4 is 0 Å². The summed E-state index contributed by atoms with van der Waals surface area (Å²) in [5.74, 6) is -0.331. The van der Waals surface area contributed by atoms with E-state index in [4.69, 9.17) is 0 Å². The SMILES string of the molecule is O=C1c2cccc3cccc(c23)C(=O)N1CCCCN1CCC(c2cccc(C(F)(F)F)c2)CC1. The second-order valence-corrected chi connectivity index (χ2v) is 9.42. The molecule has 1 fully saturated rings. The van der Waals surface area contributed by atoms with Crippen LogP contribution >= 0.6 is 0 Å². The van der Waals surface area contributed by atoms with Crippen LogP contribution in [0.25, 0.3) is 10.8 Å². The molecule has 0 saturated carbocycles. The molecule has 1 saturated heterocycles. The Kier molecular flexibility index (Phi) is 6.36. The number of piperidine rings is 1. The molecule has 2 aliphatic heterocycles. The van der Waals surface area contributed by atoms with Crippen molar-refractivity contribution in [1.29, 1.82) is 0 Å². The molecule has 182 valence electrons. The molecule has 0 radical (unpaired) electrons. The summed E-state index contributed by atoms with van der Waals surface area (Å²) in [5.41, 5.74) is 1.33. The van der Waals surface area contributed by atoms with Gasteiger partial charge in [0.15, 0.2) is 0 Å². The molecule has 0 bridgehead atoms. The van der Waals surface area contributed by atoms with Gasteiger partial charge in [-0.25, -0.2) is 0 Å². The van der Waals surface area contributed by atoms with Crippen molar-refractivity contribution in [3.63, 3.8) is 0 Å². The van der Waals surface area contributed by atoms with Crippen LogP contribution in [0.15, 0.2) is 60.7 Å². The van der Waals surface area contributed by atoms with Crippen LogP contribution in [-0.2, 0) is 6.18 Å². The van der Waals surface area contributed by atoms with E-state index in [2.05, 4.69) is 4.90 Å². The molecule has 35 heavy (non-hydrogen) atoms. The number of alkyl halides is 3. The van der Waals surface area contributed by atoms with E-state index in [0.717, 1.165) is 61.3 Å². The Balaban J connectivity index is 1.12. The standard InChI is InChI=1S/C28H27F3N2O2/c29-28(30,31)22-9-3-8-21(18-22)19-12-16-32(17-13-19)14-1-2-15-33-26(34)23-10-4-6-20-7-5-11-24(25(20)23)27(33)35/h3-11,18-19H,1-2,12-17H2. The zero-order chi connectivity index (χ0) is 24.6. The molecule has 3 aromatic carbocycles. The Labute approximate surface area is 202 Å².